The van der Waals surface area contributed by atoms with Crippen LogP contribution in [-0.4, -0.2) is 62.5 Å². The van der Waals surface area contributed by atoms with Gasteiger partial charge in [0.15, 0.2) is 13.1 Å². The Labute approximate surface area is 187 Å². The molecule has 0 atom stereocenters. The van der Waals surface area contributed by atoms with Crippen LogP contribution in [0.5, 0.6) is 0 Å². The van der Waals surface area contributed by atoms with Gasteiger partial charge in [0.25, 0.3) is 11.8 Å². The van der Waals surface area contributed by atoms with Crippen molar-refractivity contribution in [1.29, 1.82) is 0 Å². The summed E-state index contributed by atoms with van der Waals surface area (Å²) in [5, 5.41) is 3.10. The van der Waals surface area contributed by atoms with E-state index in [0.717, 1.165) is 68.8 Å². The molecule has 0 bridgehead atoms. The number of piperazine rings is 1. The average Bonchev–Trinajstić information content (AvgIpc) is 2.76. The van der Waals surface area contributed by atoms with Gasteiger partial charge in [-0.05, 0) is 57.1 Å². The molecule has 31 heavy (non-hydrogen) atoms. The van der Waals surface area contributed by atoms with Crippen LogP contribution in [0.2, 0.25) is 0 Å². The van der Waals surface area contributed by atoms with E-state index in [0.29, 0.717) is 13.1 Å². The van der Waals surface area contributed by atoms with Gasteiger partial charge in [0, 0.05) is 17.9 Å². The van der Waals surface area contributed by atoms with Crippen LogP contribution in [0.25, 0.3) is 0 Å². The standard InChI is InChI=1S/C25H38N4O2/c1-4-13-29(22-11-6-5-7-12-22)24(31)19-28-16-14-27(15-17-28)18-23(30)26-25-20(2)9-8-10-21(25)3/h8-11H,4-7,12-19H2,1-3H3,(H,26,30)/p+2. The molecule has 0 saturated carbocycles. The van der Waals surface area contributed by atoms with Crippen LogP contribution in [-0.2, 0) is 9.59 Å². The summed E-state index contributed by atoms with van der Waals surface area (Å²) in [6.45, 7) is 11.8. The fraction of sp³-hybridized carbons (Fsp3) is 0.600. The van der Waals surface area contributed by atoms with Crippen molar-refractivity contribution in [3.8, 4) is 0 Å². The van der Waals surface area contributed by atoms with Crippen LogP contribution in [0.1, 0.15) is 50.2 Å². The Morgan fingerprint density at radius 1 is 1.00 bits per heavy atom. The Bertz CT molecular complexity index is 776. The van der Waals surface area contributed by atoms with E-state index in [1.165, 1.54) is 28.3 Å². The number of amides is 2. The highest BCUT2D eigenvalue weighted by Gasteiger charge is 2.29. The highest BCUT2D eigenvalue weighted by Crippen LogP contribution is 2.21. The average molecular weight is 429 g/mol. The van der Waals surface area contributed by atoms with Crippen molar-refractivity contribution >= 4 is 17.5 Å². The van der Waals surface area contributed by atoms with Crippen LogP contribution in [0.4, 0.5) is 5.69 Å². The number of rotatable bonds is 8. The van der Waals surface area contributed by atoms with Gasteiger partial charge < -0.3 is 20.0 Å². The molecule has 0 spiro atoms. The number of hydrogen-bond acceptors (Lipinski definition) is 2. The number of hydrogen-bond donors (Lipinski definition) is 3. The van der Waals surface area contributed by atoms with Crippen molar-refractivity contribution in [3.63, 3.8) is 0 Å². The summed E-state index contributed by atoms with van der Waals surface area (Å²) in [7, 11) is 0. The molecule has 6 nitrogen and oxygen atoms in total. The molecule has 0 aromatic heterocycles. The highest BCUT2D eigenvalue weighted by molar-refractivity contribution is 5.93. The van der Waals surface area contributed by atoms with Gasteiger partial charge in [0.05, 0.1) is 0 Å². The van der Waals surface area contributed by atoms with E-state index in [4.69, 9.17) is 0 Å². The highest BCUT2D eigenvalue weighted by atomic mass is 16.2. The Hall–Kier alpha value is -2.18. The summed E-state index contributed by atoms with van der Waals surface area (Å²) in [6.07, 6.45) is 7.83. The first kappa shape index (κ1) is 23.5. The lowest BCUT2D eigenvalue weighted by Gasteiger charge is -2.32. The molecular weight excluding hydrogens is 388 g/mol. The number of aryl methyl sites for hydroxylation is 2. The maximum absolute atomic E-state index is 13.0. The minimum Gasteiger partial charge on any atom is -0.321 e. The number of anilines is 1. The van der Waals surface area contributed by atoms with E-state index >= 15 is 0 Å². The minimum absolute atomic E-state index is 0.0743. The van der Waals surface area contributed by atoms with Gasteiger partial charge >= 0.3 is 0 Å². The lowest BCUT2D eigenvalue weighted by molar-refractivity contribution is -1.00. The quantitative estimate of drug-likeness (QED) is 0.572. The van der Waals surface area contributed by atoms with Crippen molar-refractivity contribution in [2.75, 3.05) is 51.1 Å². The second-order valence-electron chi connectivity index (χ2n) is 9.16. The molecule has 6 heteroatoms. The van der Waals surface area contributed by atoms with Gasteiger partial charge in [-0.1, -0.05) is 31.2 Å². The molecule has 3 rings (SSSR count). The summed E-state index contributed by atoms with van der Waals surface area (Å²) >= 11 is 0. The molecule has 2 amide bonds. The first-order chi connectivity index (χ1) is 15.0. The predicted octanol–water partition coefficient (Wildman–Crippen LogP) is 0.722. The summed E-state index contributed by atoms with van der Waals surface area (Å²) in [6, 6.07) is 6.07. The third kappa shape index (κ3) is 6.65. The SMILES string of the molecule is CCCN(C(=O)C[NH+]1CC[NH+](CC(=O)Nc2c(C)cccc2C)CC1)C1=CCCCC1. The number of benzene rings is 1. The second kappa shape index (κ2) is 11.4. The number of allylic oxidation sites excluding steroid dienone is 2. The molecule has 1 aromatic rings. The fourth-order valence-corrected chi connectivity index (χ4v) is 4.76. The van der Waals surface area contributed by atoms with Crippen molar-refractivity contribution in [1.82, 2.24) is 4.90 Å². The first-order valence-electron chi connectivity index (χ1n) is 12.0. The number of carbonyl (C=O) groups excluding carboxylic acids is 2. The molecule has 170 valence electrons. The molecule has 2 aliphatic rings. The molecular formula is C25H40N4O2+2. The molecule has 3 N–H and O–H groups in total. The maximum atomic E-state index is 13.0. The Balaban J connectivity index is 1.46. The maximum Gasteiger partial charge on any atom is 0.281 e. The number of carbonyl (C=O) groups is 2. The summed E-state index contributed by atoms with van der Waals surface area (Å²) in [4.78, 5) is 30.3. The third-order valence-electron chi connectivity index (χ3n) is 6.58. The molecule has 0 unspecified atom stereocenters. The van der Waals surface area contributed by atoms with E-state index in [9.17, 15) is 9.59 Å². The largest absolute Gasteiger partial charge is 0.321 e. The van der Waals surface area contributed by atoms with Crippen LogP contribution < -0.4 is 15.1 Å². The Morgan fingerprint density at radius 3 is 2.23 bits per heavy atom. The second-order valence-corrected chi connectivity index (χ2v) is 9.16. The number of nitrogens with one attached hydrogen (secondary N) is 3. The van der Waals surface area contributed by atoms with Gasteiger partial charge in [-0.2, -0.15) is 0 Å². The van der Waals surface area contributed by atoms with Crippen molar-refractivity contribution < 1.29 is 19.4 Å². The lowest BCUT2D eigenvalue weighted by atomic mass is 10.0. The molecule has 1 aliphatic carbocycles. The normalized spacial score (nSPS) is 21.3. The predicted molar refractivity (Wildman–Crippen MR) is 124 cm³/mol. The van der Waals surface area contributed by atoms with Gasteiger partial charge in [-0.25, -0.2) is 0 Å². The van der Waals surface area contributed by atoms with Crippen molar-refractivity contribution in [3.05, 3.63) is 41.1 Å². The minimum atomic E-state index is 0.0743. The fourth-order valence-electron chi connectivity index (χ4n) is 4.76. The Kier molecular flexibility index (Phi) is 8.67. The zero-order valence-electron chi connectivity index (χ0n) is 19.6. The van der Waals surface area contributed by atoms with Crippen LogP contribution in [0.15, 0.2) is 30.0 Å². The number of quaternary nitrogens is 2. The van der Waals surface area contributed by atoms with Crippen molar-refractivity contribution in [2.45, 2.75) is 52.9 Å². The molecule has 1 saturated heterocycles. The molecule has 1 aliphatic heterocycles. The third-order valence-corrected chi connectivity index (χ3v) is 6.58. The molecule has 0 radical (unpaired) electrons. The van der Waals surface area contributed by atoms with Gasteiger partial charge in [0.1, 0.15) is 26.2 Å². The molecule has 1 fully saturated rings. The van der Waals surface area contributed by atoms with Crippen LogP contribution in [0.3, 0.4) is 0 Å². The summed E-state index contributed by atoms with van der Waals surface area (Å²) in [5.41, 5.74) is 4.38. The van der Waals surface area contributed by atoms with Crippen molar-refractivity contribution in [2.24, 2.45) is 0 Å². The monoisotopic (exact) mass is 428 g/mol. The smallest absolute Gasteiger partial charge is 0.281 e. The Morgan fingerprint density at radius 2 is 1.65 bits per heavy atom. The first-order valence-corrected chi connectivity index (χ1v) is 12.0. The number of para-hydroxylation sites is 1. The summed E-state index contributed by atoms with van der Waals surface area (Å²) < 4.78 is 0. The molecule has 1 aromatic carbocycles. The van der Waals surface area contributed by atoms with E-state index in [1.807, 2.05) is 36.9 Å². The van der Waals surface area contributed by atoms with E-state index in [-0.39, 0.29) is 11.8 Å². The van der Waals surface area contributed by atoms with Gasteiger partial charge in [0.2, 0.25) is 0 Å². The van der Waals surface area contributed by atoms with Gasteiger partial charge in [-0.3, -0.25) is 9.59 Å². The van der Waals surface area contributed by atoms with Gasteiger partial charge in [-0.15, -0.1) is 0 Å². The lowest BCUT2D eigenvalue weighted by Crippen LogP contribution is -3.28. The van der Waals surface area contributed by atoms with E-state index in [1.54, 1.807) is 0 Å². The zero-order chi connectivity index (χ0) is 22.2. The molecule has 1 heterocycles. The number of nitrogens with zero attached hydrogens (tertiary/aromatic N) is 1. The van der Waals surface area contributed by atoms with Crippen LogP contribution >= 0.6 is 0 Å². The zero-order valence-corrected chi connectivity index (χ0v) is 19.6. The topological polar surface area (TPSA) is 58.3 Å². The summed E-state index contributed by atoms with van der Waals surface area (Å²) in [5.74, 6) is 0.339. The van der Waals surface area contributed by atoms with E-state index < -0.39 is 0 Å². The van der Waals surface area contributed by atoms with Crippen LogP contribution in [0, 0.1) is 13.8 Å². The van der Waals surface area contributed by atoms with E-state index in [2.05, 4.69) is 18.3 Å².